The molecule has 1 spiro atoms. The molecule has 0 amide bonds. The van der Waals surface area contributed by atoms with Crippen molar-refractivity contribution in [1.29, 1.82) is 0 Å². The average molecular weight is 300 g/mol. The van der Waals surface area contributed by atoms with E-state index in [1.54, 1.807) is 0 Å². The Bertz CT molecular complexity index is 676. The number of aromatic amines is 1. The molecule has 0 aliphatic carbocycles. The van der Waals surface area contributed by atoms with Gasteiger partial charge in [-0.1, -0.05) is 0 Å². The van der Waals surface area contributed by atoms with Crippen LogP contribution in [0.25, 0.3) is 11.3 Å². The quantitative estimate of drug-likeness (QED) is 0.893. The minimum absolute atomic E-state index is 0.351. The van der Waals surface area contributed by atoms with Crippen LogP contribution in [0.3, 0.4) is 0 Å². The molecule has 0 atom stereocenters. The maximum Gasteiger partial charge on any atom is 0.225 e. The van der Waals surface area contributed by atoms with Gasteiger partial charge in [0.15, 0.2) is 5.82 Å². The molecule has 2 aliphatic heterocycles. The third kappa shape index (κ3) is 2.04. The molecule has 2 aromatic rings. The van der Waals surface area contributed by atoms with Crippen molar-refractivity contribution in [3.63, 3.8) is 0 Å². The molecule has 0 radical (unpaired) electrons. The van der Waals surface area contributed by atoms with Gasteiger partial charge in [0.05, 0.1) is 18.9 Å². The van der Waals surface area contributed by atoms with Crippen molar-refractivity contribution in [2.45, 2.75) is 13.3 Å². The zero-order chi connectivity index (χ0) is 15.2. The number of nitrogens with one attached hydrogen (secondary N) is 2. The van der Waals surface area contributed by atoms with Crippen LogP contribution in [0.1, 0.15) is 12.0 Å². The molecule has 2 fully saturated rings. The molecule has 7 nitrogen and oxygen atoms in total. The van der Waals surface area contributed by atoms with Crippen LogP contribution in [0.5, 0.6) is 0 Å². The summed E-state index contributed by atoms with van der Waals surface area (Å²) in [5.41, 5.74) is 3.34. The third-order valence-corrected chi connectivity index (χ3v) is 4.71. The lowest BCUT2D eigenvalue weighted by Gasteiger charge is -2.37. The maximum absolute atomic E-state index is 5.36. The number of hydrogen-bond donors (Lipinski definition) is 2. The first-order chi connectivity index (χ1) is 10.7. The van der Waals surface area contributed by atoms with E-state index < -0.39 is 0 Å². The minimum atomic E-state index is 0.351. The SMILES string of the molecule is CNc1n[nH]c(-c2cnc(N3CCC4(COC4)C3)nc2)c1C. The molecular formula is C15H20N6O. The van der Waals surface area contributed by atoms with Crippen molar-refractivity contribution >= 4 is 11.8 Å². The Kier molecular flexibility index (Phi) is 3.04. The third-order valence-electron chi connectivity index (χ3n) is 4.71. The van der Waals surface area contributed by atoms with E-state index in [4.69, 9.17) is 4.74 Å². The summed E-state index contributed by atoms with van der Waals surface area (Å²) in [6, 6.07) is 0. The Morgan fingerprint density at radius 2 is 2.09 bits per heavy atom. The summed E-state index contributed by atoms with van der Waals surface area (Å²) >= 11 is 0. The Labute approximate surface area is 129 Å². The summed E-state index contributed by atoms with van der Waals surface area (Å²) in [6.45, 7) is 5.79. The van der Waals surface area contributed by atoms with Crippen molar-refractivity contribution in [3.8, 4) is 11.3 Å². The fourth-order valence-corrected chi connectivity index (χ4v) is 3.27. The first-order valence-corrected chi connectivity index (χ1v) is 7.59. The highest BCUT2D eigenvalue weighted by atomic mass is 16.5. The van der Waals surface area contributed by atoms with Crippen LogP contribution >= 0.6 is 0 Å². The van der Waals surface area contributed by atoms with Gasteiger partial charge in [0.1, 0.15) is 0 Å². The first kappa shape index (κ1) is 13.5. The molecule has 2 saturated heterocycles. The van der Waals surface area contributed by atoms with Gasteiger partial charge in [-0.3, -0.25) is 5.10 Å². The van der Waals surface area contributed by atoms with Crippen LogP contribution < -0.4 is 10.2 Å². The Morgan fingerprint density at radius 3 is 2.64 bits per heavy atom. The molecule has 2 aromatic heterocycles. The number of ether oxygens (including phenoxy) is 1. The van der Waals surface area contributed by atoms with E-state index in [1.165, 1.54) is 6.42 Å². The fourth-order valence-electron chi connectivity index (χ4n) is 3.27. The van der Waals surface area contributed by atoms with Gasteiger partial charge in [-0.15, -0.1) is 0 Å². The van der Waals surface area contributed by atoms with Crippen LogP contribution in [0, 0.1) is 12.3 Å². The lowest BCUT2D eigenvalue weighted by molar-refractivity contribution is -0.0985. The second kappa shape index (κ2) is 4.95. The van der Waals surface area contributed by atoms with E-state index in [1.807, 2.05) is 26.4 Å². The number of hydrogen-bond acceptors (Lipinski definition) is 6. The largest absolute Gasteiger partial charge is 0.380 e. The molecule has 0 unspecified atom stereocenters. The standard InChI is InChI=1S/C15H20N6O/c1-10-12(19-20-13(10)16-2)11-5-17-14(18-6-11)21-4-3-15(7-21)8-22-9-15/h5-6H,3-4,7-9H2,1-2H3,(H2,16,19,20). The number of anilines is 2. The summed E-state index contributed by atoms with van der Waals surface area (Å²) in [4.78, 5) is 11.3. The van der Waals surface area contributed by atoms with Crippen LogP contribution in [0.15, 0.2) is 12.4 Å². The van der Waals surface area contributed by atoms with Gasteiger partial charge in [0.2, 0.25) is 5.95 Å². The van der Waals surface area contributed by atoms with Gasteiger partial charge in [-0.2, -0.15) is 5.10 Å². The van der Waals surface area contributed by atoms with E-state index in [2.05, 4.69) is 30.4 Å². The van der Waals surface area contributed by atoms with Crippen LogP contribution in [-0.2, 0) is 4.74 Å². The molecule has 116 valence electrons. The van der Waals surface area contributed by atoms with E-state index in [-0.39, 0.29) is 0 Å². The Morgan fingerprint density at radius 1 is 1.32 bits per heavy atom. The molecule has 22 heavy (non-hydrogen) atoms. The van der Waals surface area contributed by atoms with Crippen LogP contribution in [0.2, 0.25) is 0 Å². The summed E-state index contributed by atoms with van der Waals surface area (Å²) in [5, 5.41) is 10.3. The minimum Gasteiger partial charge on any atom is -0.380 e. The highest BCUT2D eigenvalue weighted by molar-refractivity contribution is 5.67. The zero-order valence-corrected chi connectivity index (χ0v) is 12.9. The van der Waals surface area contributed by atoms with Gasteiger partial charge < -0.3 is 15.0 Å². The number of aromatic nitrogens is 4. The normalized spacial score (nSPS) is 19.5. The van der Waals surface area contributed by atoms with Gasteiger partial charge in [-0.25, -0.2) is 9.97 Å². The topological polar surface area (TPSA) is 79.0 Å². The smallest absolute Gasteiger partial charge is 0.225 e. The monoisotopic (exact) mass is 300 g/mol. The second-order valence-electron chi connectivity index (χ2n) is 6.26. The van der Waals surface area contributed by atoms with Crippen LogP contribution in [0.4, 0.5) is 11.8 Å². The zero-order valence-electron chi connectivity index (χ0n) is 12.9. The summed E-state index contributed by atoms with van der Waals surface area (Å²) < 4.78 is 5.36. The summed E-state index contributed by atoms with van der Waals surface area (Å²) in [6.07, 6.45) is 4.90. The van der Waals surface area contributed by atoms with Crippen molar-refractivity contribution < 1.29 is 4.74 Å². The first-order valence-electron chi connectivity index (χ1n) is 7.59. The van der Waals surface area contributed by atoms with E-state index >= 15 is 0 Å². The highest BCUT2D eigenvalue weighted by Gasteiger charge is 2.45. The lowest BCUT2D eigenvalue weighted by Crippen LogP contribution is -2.44. The molecular weight excluding hydrogens is 280 g/mol. The van der Waals surface area contributed by atoms with Crippen molar-refractivity contribution in [1.82, 2.24) is 20.2 Å². The molecule has 0 saturated carbocycles. The van der Waals surface area contributed by atoms with E-state index in [0.29, 0.717) is 5.41 Å². The van der Waals surface area contributed by atoms with Gasteiger partial charge in [0, 0.05) is 49.1 Å². The number of H-pyrrole nitrogens is 1. The Balaban J connectivity index is 1.54. The Hall–Kier alpha value is -2.15. The van der Waals surface area contributed by atoms with Crippen molar-refractivity contribution in [2.24, 2.45) is 5.41 Å². The van der Waals surface area contributed by atoms with Crippen LogP contribution in [-0.4, -0.2) is 53.5 Å². The number of rotatable bonds is 3. The molecule has 4 heterocycles. The second-order valence-corrected chi connectivity index (χ2v) is 6.26. The van der Waals surface area contributed by atoms with Crippen molar-refractivity contribution in [2.75, 3.05) is 43.6 Å². The van der Waals surface area contributed by atoms with Gasteiger partial charge >= 0.3 is 0 Å². The average Bonchev–Trinajstić information content (AvgIpc) is 3.11. The molecule has 2 aliphatic rings. The van der Waals surface area contributed by atoms with E-state index in [9.17, 15) is 0 Å². The molecule has 7 heteroatoms. The van der Waals surface area contributed by atoms with E-state index in [0.717, 1.165) is 54.9 Å². The van der Waals surface area contributed by atoms with Gasteiger partial charge in [0.25, 0.3) is 0 Å². The molecule has 4 rings (SSSR count). The summed E-state index contributed by atoms with van der Waals surface area (Å²) in [7, 11) is 1.86. The number of nitrogens with zero attached hydrogens (tertiary/aromatic N) is 4. The summed E-state index contributed by atoms with van der Waals surface area (Å²) in [5.74, 6) is 1.66. The highest BCUT2D eigenvalue weighted by Crippen LogP contribution is 2.38. The molecule has 0 bridgehead atoms. The lowest BCUT2D eigenvalue weighted by atomic mass is 9.85. The fraction of sp³-hybridized carbons (Fsp3) is 0.533. The van der Waals surface area contributed by atoms with Crippen molar-refractivity contribution in [3.05, 3.63) is 18.0 Å². The van der Waals surface area contributed by atoms with Gasteiger partial charge in [-0.05, 0) is 13.3 Å². The molecule has 2 N–H and O–H groups in total. The maximum atomic E-state index is 5.36. The predicted molar refractivity (Wildman–Crippen MR) is 84.0 cm³/mol. The predicted octanol–water partition coefficient (Wildman–Crippen LogP) is 1.44. The molecule has 0 aromatic carbocycles.